The van der Waals surface area contributed by atoms with E-state index in [9.17, 15) is 13.6 Å². The van der Waals surface area contributed by atoms with E-state index in [2.05, 4.69) is 5.32 Å². The van der Waals surface area contributed by atoms with Gasteiger partial charge in [0.25, 0.3) is 0 Å². The fraction of sp³-hybridized carbons (Fsp3) is 0.471. The smallest absolute Gasteiger partial charge is 0.246 e. The number of allylic oxidation sites excluding steroid dienone is 1. The highest BCUT2D eigenvalue weighted by Crippen LogP contribution is 2.18. The van der Waals surface area contributed by atoms with Crippen molar-refractivity contribution in [3.63, 3.8) is 0 Å². The Balaban J connectivity index is 1.95. The number of anilines is 1. The second-order valence-corrected chi connectivity index (χ2v) is 6.00. The van der Waals surface area contributed by atoms with Crippen molar-refractivity contribution >= 4 is 11.6 Å². The van der Waals surface area contributed by atoms with E-state index < -0.39 is 11.6 Å². The number of amides is 1. The van der Waals surface area contributed by atoms with Gasteiger partial charge in [0.2, 0.25) is 5.91 Å². The largest absolute Gasteiger partial charge is 0.380 e. The lowest BCUT2D eigenvalue weighted by molar-refractivity contribution is -0.127. The number of hydrogen-bond donors (Lipinski definition) is 1. The normalized spacial score (nSPS) is 19.0. The van der Waals surface area contributed by atoms with Gasteiger partial charge in [-0.2, -0.15) is 0 Å². The SMILES string of the molecule is CC(C)/C=C/C(=O)N1CCCC(Nc2ccc(F)c(F)c2)C1. The maximum Gasteiger partial charge on any atom is 0.246 e. The van der Waals surface area contributed by atoms with Crippen LogP contribution >= 0.6 is 0 Å². The van der Waals surface area contributed by atoms with E-state index in [-0.39, 0.29) is 11.9 Å². The highest BCUT2D eigenvalue weighted by Gasteiger charge is 2.22. The summed E-state index contributed by atoms with van der Waals surface area (Å²) in [5.74, 6) is -1.38. The molecule has 3 nitrogen and oxygen atoms in total. The minimum absolute atomic E-state index is 0.00508. The van der Waals surface area contributed by atoms with Gasteiger partial charge in [-0.1, -0.05) is 19.9 Å². The van der Waals surface area contributed by atoms with Crippen molar-refractivity contribution in [3.05, 3.63) is 42.0 Å². The summed E-state index contributed by atoms with van der Waals surface area (Å²) in [5.41, 5.74) is 0.538. The van der Waals surface area contributed by atoms with Crippen molar-refractivity contribution < 1.29 is 13.6 Å². The number of nitrogens with one attached hydrogen (secondary N) is 1. The van der Waals surface area contributed by atoms with Crippen molar-refractivity contribution in [3.8, 4) is 0 Å². The molecule has 0 aliphatic carbocycles. The fourth-order valence-electron chi connectivity index (χ4n) is 2.50. The Hall–Kier alpha value is -1.91. The molecule has 1 heterocycles. The standard InChI is InChI=1S/C17H22F2N2O/c1-12(2)5-8-17(22)21-9-3-4-14(11-21)20-13-6-7-15(18)16(19)10-13/h5-8,10,12,14,20H,3-4,9,11H2,1-2H3/b8-5+. The van der Waals surface area contributed by atoms with Gasteiger partial charge < -0.3 is 10.2 Å². The van der Waals surface area contributed by atoms with Gasteiger partial charge in [-0.05, 0) is 37.0 Å². The molecule has 1 amide bonds. The summed E-state index contributed by atoms with van der Waals surface area (Å²) in [4.78, 5) is 13.9. The fourth-order valence-corrected chi connectivity index (χ4v) is 2.50. The molecule has 1 saturated heterocycles. The van der Waals surface area contributed by atoms with Crippen LogP contribution < -0.4 is 5.32 Å². The Morgan fingerprint density at radius 3 is 2.82 bits per heavy atom. The van der Waals surface area contributed by atoms with Crippen molar-refractivity contribution in [1.82, 2.24) is 4.90 Å². The second-order valence-electron chi connectivity index (χ2n) is 6.00. The Morgan fingerprint density at radius 2 is 2.14 bits per heavy atom. The van der Waals surface area contributed by atoms with Crippen LogP contribution in [0.15, 0.2) is 30.4 Å². The van der Waals surface area contributed by atoms with Crippen LogP contribution in [0.5, 0.6) is 0 Å². The first-order valence-electron chi connectivity index (χ1n) is 7.64. The third kappa shape index (κ3) is 4.55. The Labute approximate surface area is 130 Å². The van der Waals surface area contributed by atoms with E-state index in [0.29, 0.717) is 18.2 Å². The number of piperidine rings is 1. The summed E-state index contributed by atoms with van der Waals surface area (Å²) >= 11 is 0. The molecule has 1 N–H and O–H groups in total. The molecule has 22 heavy (non-hydrogen) atoms. The summed E-state index contributed by atoms with van der Waals surface area (Å²) < 4.78 is 26.2. The predicted octanol–water partition coefficient (Wildman–Crippen LogP) is 3.58. The molecule has 0 saturated carbocycles. The number of hydrogen-bond acceptors (Lipinski definition) is 2. The minimum Gasteiger partial charge on any atom is -0.380 e. The van der Waals surface area contributed by atoms with Gasteiger partial charge >= 0.3 is 0 Å². The minimum atomic E-state index is -0.867. The van der Waals surface area contributed by atoms with Crippen LogP contribution in [0.1, 0.15) is 26.7 Å². The molecular weight excluding hydrogens is 286 g/mol. The number of likely N-dealkylation sites (tertiary alicyclic amines) is 1. The number of benzene rings is 1. The van der Waals surface area contributed by atoms with E-state index in [1.807, 2.05) is 19.9 Å². The molecule has 1 aromatic rings. The van der Waals surface area contributed by atoms with Gasteiger partial charge in [0.15, 0.2) is 11.6 Å². The lowest BCUT2D eigenvalue weighted by Gasteiger charge is -2.33. The van der Waals surface area contributed by atoms with Gasteiger partial charge in [0, 0.05) is 30.9 Å². The molecule has 2 rings (SSSR count). The third-order valence-electron chi connectivity index (χ3n) is 3.65. The number of carbonyl (C=O) groups excluding carboxylic acids is 1. The van der Waals surface area contributed by atoms with E-state index in [1.165, 1.54) is 6.07 Å². The Bertz CT molecular complexity index is 558. The average Bonchev–Trinajstić information content (AvgIpc) is 2.49. The maximum atomic E-state index is 13.2. The van der Waals surface area contributed by atoms with Crippen molar-refractivity contribution in [1.29, 1.82) is 0 Å². The zero-order valence-corrected chi connectivity index (χ0v) is 13.0. The molecular formula is C17H22F2N2O. The van der Waals surface area contributed by atoms with E-state index >= 15 is 0 Å². The Morgan fingerprint density at radius 1 is 1.36 bits per heavy atom. The lowest BCUT2D eigenvalue weighted by Crippen LogP contribution is -2.44. The number of rotatable bonds is 4. The first-order chi connectivity index (χ1) is 10.5. The van der Waals surface area contributed by atoms with E-state index in [4.69, 9.17) is 0 Å². The monoisotopic (exact) mass is 308 g/mol. The molecule has 120 valence electrons. The highest BCUT2D eigenvalue weighted by atomic mass is 19.2. The molecule has 1 unspecified atom stereocenters. The molecule has 1 aliphatic rings. The quantitative estimate of drug-likeness (QED) is 0.862. The maximum absolute atomic E-state index is 13.2. The summed E-state index contributed by atoms with van der Waals surface area (Å²) in [7, 11) is 0. The summed E-state index contributed by atoms with van der Waals surface area (Å²) in [6.07, 6.45) is 5.29. The summed E-state index contributed by atoms with van der Waals surface area (Å²) in [5, 5.41) is 3.17. The van der Waals surface area contributed by atoms with Crippen LogP contribution in [-0.4, -0.2) is 29.9 Å². The van der Waals surface area contributed by atoms with Crippen molar-refractivity contribution in [2.45, 2.75) is 32.7 Å². The van der Waals surface area contributed by atoms with Crippen LogP contribution in [-0.2, 0) is 4.79 Å². The molecule has 0 radical (unpaired) electrons. The van der Waals surface area contributed by atoms with E-state index in [0.717, 1.165) is 31.5 Å². The first-order valence-corrected chi connectivity index (χ1v) is 7.64. The topological polar surface area (TPSA) is 32.3 Å². The molecule has 1 atom stereocenters. The van der Waals surface area contributed by atoms with Gasteiger partial charge in [-0.25, -0.2) is 8.78 Å². The van der Waals surface area contributed by atoms with Gasteiger partial charge in [0.1, 0.15) is 0 Å². The number of nitrogens with zero attached hydrogens (tertiary/aromatic N) is 1. The zero-order valence-electron chi connectivity index (χ0n) is 13.0. The van der Waals surface area contributed by atoms with Crippen LogP contribution in [0.2, 0.25) is 0 Å². The van der Waals surface area contributed by atoms with Crippen LogP contribution in [0.4, 0.5) is 14.5 Å². The molecule has 1 aromatic carbocycles. The van der Waals surface area contributed by atoms with Crippen LogP contribution in [0.25, 0.3) is 0 Å². The highest BCUT2D eigenvalue weighted by molar-refractivity contribution is 5.87. The van der Waals surface area contributed by atoms with Crippen molar-refractivity contribution in [2.75, 3.05) is 18.4 Å². The van der Waals surface area contributed by atoms with Gasteiger partial charge in [-0.3, -0.25) is 4.79 Å². The molecule has 1 fully saturated rings. The number of halogens is 2. The predicted molar refractivity (Wildman–Crippen MR) is 83.6 cm³/mol. The molecule has 5 heteroatoms. The lowest BCUT2D eigenvalue weighted by atomic mass is 10.0. The summed E-state index contributed by atoms with van der Waals surface area (Å²) in [6.45, 7) is 5.35. The number of carbonyl (C=O) groups is 1. The van der Waals surface area contributed by atoms with Crippen molar-refractivity contribution in [2.24, 2.45) is 5.92 Å². The third-order valence-corrected chi connectivity index (χ3v) is 3.65. The van der Waals surface area contributed by atoms with Gasteiger partial charge in [-0.15, -0.1) is 0 Å². The van der Waals surface area contributed by atoms with E-state index in [1.54, 1.807) is 11.0 Å². The summed E-state index contributed by atoms with van der Waals surface area (Å²) in [6, 6.07) is 3.82. The van der Waals surface area contributed by atoms with Crippen LogP contribution in [0, 0.1) is 17.6 Å². The average molecular weight is 308 g/mol. The molecule has 0 spiro atoms. The Kier molecular flexibility index (Phi) is 5.52. The molecule has 0 bridgehead atoms. The zero-order chi connectivity index (χ0) is 16.1. The molecule has 1 aliphatic heterocycles. The molecule has 0 aromatic heterocycles. The van der Waals surface area contributed by atoms with Gasteiger partial charge in [0.05, 0.1) is 0 Å². The second kappa shape index (κ2) is 7.38. The van der Waals surface area contributed by atoms with Crippen LogP contribution in [0.3, 0.4) is 0 Å². The first kappa shape index (κ1) is 16.5.